The maximum Gasteiger partial charge on any atom is 0.339 e. The summed E-state index contributed by atoms with van der Waals surface area (Å²) >= 11 is 4.96. The number of rotatable bonds is 5. The molecule has 0 radical (unpaired) electrons. The van der Waals surface area contributed by atoms with Crippen LogP contribution in [0.15, 0.2) is 16.7 Å². The zero-order valence-electron chi connectivity index (χ0n) is 9.98. The van der Waals surface area contributed by atoms with E-state index >= 15 is 0 Å². The van der Waals surface area contributed by atoms with Gasteiger partial charge in [-0.05, 0) is 35.2 Å². The SMILES string of the molecule is CSCC(C)N(C)c1ncc(Br)cc1C(=O)O. The topological polar surface area (TPSA) is 53.4 Å². The number of anilines is 1. The molecule has 0 aliphatic rings. The molecular formula is C11H15BrN2O2S. The zero-order chi connectivity index (χ0) is 13.0. The van der Waals surface area contributed by atoms with Crippen LogP contribution in [0, 0.1) is 0 Å². The molecule has 0 saturated carbocycles. The highest BCUT2D eigenvalue weighted by Crippen LogP contribution is 2.23. The van der Waals surface area contributed by atoms with E-state index in [4.69, 9.17) is 5.11 Å². The first-order valence-corrected chi connectivity index (χ1v) is 7.26. The molecule has 1 heterocycles. The van der Waals surface area contributed by atoms with Crippen molar-refractivity contribution in [1.82, 2.24) is 4.98 Å². The van der Waals surface area contributed by atoms with Crippen LogP contribution in [0.3, 0.4) is 0 Å². The molecule has 1 aromatic rings. The van der Waals surface area contributed by atoms with Gasteiger partial charge in [-0.2, -0.15) is 11.8 Å². The fraction of sp³-hybridized carbons (Fsp3) is 0.455. The molecular weight excluding hydrogens is 304 g/mol. The summed E-state index contributed by atoms with van der Waals surface area (Å²) in [4.78, 5) is 17.3. The first-order valence-electron chi connectivity index (χ1n) is 5.08. The molecule has 0 fully saturated rings. The Hall–Kier alpha value is -0.750. The highest BCUT2D eigenvalue weighted by molar-refractivity contribution is 9.10. The molecule has 0 aliphatic carbocycles. The fourth-order valence-corrected chi connectivity index (χ4v) is 2.47. The van der Waals surface area contributed by atoms with Crippen molar-refractivity contribution < 1.29 is 9.90 Å². The van der Waals surface area contributed by atoms with Crippen molar-refractivity contribution >= 4 is 39.5 Å². The summed E-state index contributed by atoms with van der Waals surface area (Å²) in [7, 11) is 1.86. The Morgan fingerprint density at radius 3 is 2.88 bits per heavy atom. The van der Waals surface area contributed by atoms with Crippen LogP contribution in [-0.4, -0.2) is 41.2 Å². The van der Waals surface area contributed by atoms with Crippen LogP contribution in [0.1, 0.15) is 17.3 Å². The number of carboxylic acids is 1. The Bertz CT molecular complexity index is 414. The summed E-state index contributed by atoms with van der Waals surface area (Å²) in [5, 5.41) is 9.16. The molecule has 0 bridgehead atoms. The molecule has 6 heteroatoms. The van der Waals surface area contributed by atoms with Gasteiger partial charge < -0.3 is 10.0 Å². The molecule has 0 amide bonds. The summed E-state index contributed by atoms with van der Waals surface area (Å²) in [5.74, 6) is 0.465. The van der Waals surface area contributed by atoms with Crippen molar-refractivity contribution in [2.75, 3.05) is 24.0 Å². The molecule has 1 aromatic heterocycles. The van der Waals surface area contributed by atoms with E-state index in [0.717, 1.165) is 5.75 Å². The Morgan fingerprint density at radius 2 is 2.35 bits per heavy atom. The predicted octanol–water partition coefficient (Wildman–Crippen LogP) is 2.73. The van der Waals surface area contributed by atoms with Gasteiger partial charge in [-0.15, -0.1) is 0 Å². The summed E-state index contributed by atoms with van der Waals surface area (Å²) in [6, 6.07) is 1.81. The lowest BCUT2D eigenvalue weighted by atomic mass is 10.2. The standard InChI is InChI=1S/C11H15BrN2O2S/c1-7(6-17-3)14(2)10-9(11(15)16)4-8(12)5-13-10/h4-5,7H,6H2,1-3H3,(H,15,16). The average molecular weight is 319 g/mol. The van der Waals surface area contributed by atoms with E-state index in [2.05, 4.69) is 20.9 Å². The highest BCUT2D eigenvalue weighted by atomic mass is 79.9. The van der Waals surface area contributed by atoms with Crippen LogP contribution in [-0.2, 0) is 0 Å². The molecule has 4 nitrogen and oxygen atoms in total. The van der Waals surface area contributed by atoms with Crippen molar-refractivity contribution in [2.24, 2.45) is 0 Å². The fourth-order valence-electron chi connectivity index (χ4n) is 1.43. The van der Waals surface area contributed by atoms with Gasteiger partial charge in [-0.1, -0.05) is 0 Å². The molecule has 0 spiro atoms. The number of hydrogen-bond acceptors (Lipinski definition) is 4. The lowest BCUT2D eigenvalue weighted by Crippen LogP contribution is -2.32. The zero-order valence-corrected chi connectivity index (χ0v) is 12.4. The summed E-state index contributed by atoms with van der Waals surface area (Å²) < 4.78 is 0.671. The maximum absolute atomic E-state index is 11.2. The van der Waals surface area contributed by atoms with E-state index in [0.29, 0.717) is 10.3 Å². The van der Waals surface area contributed by atoms with Gasteiger partial charge in [0.2, 0.25) is 0 Å². The number of aromatic carboxylic acids is 1. The highest BCUT2D eigenvalue weighted by Gasteiger charge is 2.19. The monoisotopic (exact) mass is 318 g/mol. The summed E-state index contributed by atoms with van der Waals surface area (Å²) in [6.45, 7) is 2.05. The summed E-state index contributed by atoms with van der Waals surface area (Å²) in [6.07, 6.45) is 3.64. The minimum Gasteiger partial charge on any atom is -0.478 e. The first kappa shape index (κ1) is 14.3. The third kappa shape index (κ3) is 3.61. The minimum absolute atomic E-state index is 0.217. The van der Waals surface area contributed by atoms with E-state index in [1.54, 1.807) is 24.0 Å². The largest absolute Gasteiger partial charge is 0.478 e. The number of nitrogens with zero attached hydrogens (tertiary/aromatic N) is 2. The number of hydrogen-bond donors (Lipinski definition) is 1. The molecule has 94 valence electrons. The van der Waals surface area contributed by atoms with Gasteiger partial charge in [0, 0.05) is 29.5 Å². The van der Waals surface area contributed by atoms with Crippen LogP contribution >= 0.6 is 27.7 Å². The number of pyridine rings is 1. The van der Waals surface area contributed by atoms with Gasteiger partial charge in [-0.25, -0.2) is 9.78 Å². The predicted molar refractivity (Wildman–Crippen MR) is 75.1 cm³/mol. The number of thioether (sulfide) groups is 1. The Labute approximate surface area is 114 Å². The second-order valence-corrected chi connectivity index (χ2v) is 5.57. The second-order valence-electron chi connectivity index (χ2n) is 3.75. The lowest BCUT2D eigenvalue weighted by Gasteiger charge is -2.26. The smallest absolute Gasteiger partial charge is 0.339 e. The van der Waals surface area contributed by atoms with Gasteiger partial charge in [0.25, 0.3) is 0 Å². The van der Waals surface area contributed by atoms with E-state index in [9.17, 15) is 4.79 Å². The third-order valence-corrected chi connectivity index (χ3v) is 3.72. The van der Waals surface area contributed by atoms with Crippen molar-refractivity contribution in [3.8, 4) is 0 Å². The molecule has 1 N–H and O–H groups in total. The second kappa shape index (κ2) is 6.26. The van der Waals surface area contributed by atoms with E-state index in [1.165, 1.54) is 0 Å². The Kier molecular flexibility index (Phi) is 5.27. The van der Waals surface area contributed by atoms with Crippen LogP contribution in [0.4, 0.5) is 5.82 Å². The molecule has 1 atom stereocenters. The number of carboxylic acid groups (broad SMARTS) is 1. The Morgan fingerprint density at radius 1 is 1.71 bits per heavy atom. The molecule has 0 aliphatic heterocycles. The third-order valence-electron chi connectivity index (χ3n) is 2.47. The van der Waals surface area contributed by atoms with Crippen LogP contribution in [0.2, 0.25) is 0 Å². The number of aromatic nitrogens is 1. The quantitative estimate of drug-likeness (QED) is 0.904. The normalized spacial score (nSPS) is 12.2. The van der Waals surface area contributed by atoms with E-state index in [-0.39, 0.29) is 11.6 Å². The van der Waals surface area contributed by atoms with Gasteiger partial charge in [0.1, 0.15) is 11.4 Å². The molecule has 1 unspecified atom stereocenters. The van der Waals surface area contributed by atoms with Crippen LogP contribution < -0.4 is 4.90 Å². The Balaban J connectivity index is 3.08. The number of carbonyl (C=O) groups is 1. The van der Waals surface area contributed by atoms with E-state index in [1.807, 2.05) is 25.1 Å². The maximum atomic E-state index is 11.2. The van der Waals surface area contributed by atoms with Crippen molar-refractivity contribution in [3.05, 3.63) is 22.3 Å². The van der Waals surface area contributed by atoms with Gasteiger partial charge in [-0.3, -0.25) is 0 Å². The van der Waals surface area contributed by atoms with Crippen molar-refractivity contribution in [3.63, 3.8) is 0 Å². The molecule has 17 heavy (non-hydrogen) atoms. The summed E-state index contributed by atoms with van der Waals surface area (Å²) in [5.41, 5.74) is 0.217. The molecule has 1 rings (SSSR count). The van der Waals surface area contributed by atoms with Crippen LogP contribution in [0.5, 0.6) is 0 Å². The van der Waals surface area contributed by atoms with Crippen LogP contribution in [0.25, 0.3) is 0 Å². The lowest BCUT2D eigenvalue weighted by molar-refractivity contribution is 0.0697. The van der Waals surface area contributed by atoms with Crippen molar-refractivity contribution in [2.45, 2.75) is 13.0 Å². The molecule has 0 aromatic carbocycles. The first-order chi connectivity index (χ1) is 7.97. The van der Waals surface area contributed by atoms with E-state index < -0.39 is 5.97 Å². The minimum atomic E-state index is -0.961. The molecule has 0 saturated heterocycles. The average Bonchev–Trinajstić information content (AvgIpc) is 2.28. The van der Waals surface area contributed by atoms with Crippen molar-refractivity contribution in [1.29, 1.82) is 0 Å². The van der Waals surface area contributed by atoms with Gasteiger partial charge in [0.05, 0.1) is 0 Å². The van der Waals surface area contributed by atoms with Gasteiger partial charge >= 0.3 is 5.97 Å². The number of halogens is 1. The van der Waals surface area contributed by atoms with Gasteiger partial charge in [0.15, 0.2) is 0 Å².